The lowest BCUT2D eigenvalue weighted by atomic mass is 10.1. The average molecular weight is 356 g/mol. The first-order valence-corrected chi connectivity index (χ1v) is 8.71. The summed E-state index contributed by atoms with van der Waals surface area (Å²) in [7, 11) is 0. The molecule has 21 heavy (non-hydrogen) atoms. The van der Waals surface area contributed by atoms with E-state index >= 15 is 0 Å². The van der Waals surface area contributed by atoms with Gasteiger partial charge in [0.05, 0.1) is 5.56 Å². The van der Waals surface area contributed by atoms with Gasteiger partial charge in [-0.1, -0.05) is 67.8 Å². The fourth-order valence-corrected chi connectivity index (χ4v) is 2.69. The van der Waals surface area contributed by atoms with E-state index in [4.69, 9.17) is 5.11 Å². The number of hydrogen-bond acceptors (Lipinski definition) is 2. The highest BCUT2D eigenvalue weighted by Gasteiger charge is 2.09. The van der Waals surface area contributed by atoms with Crippen LogP contribution in [0.5, 0.6) is 0 Å². The molecule has 0 bridgehead atoms. The molecule has 118 valence electrons. The zero-order chi connectivity index (χ0) is 15.5. The number of nitrogens with one attached hydrogen (secondary N) is 1. The highest BCUT2D eigenvalue weighted by molar-refractivity contribution is 9.10. The van der Waals surface area contributed by atoms with Crippen molar-refractivity contribution in [1.82, 2.24) is 0 Å². The van der Waals surface area contributed by atoms with E-state index in [0.717, 1.165) is 17.4 Å². The summed E-state index contributed by atoms with van der Waals surface area (Å²) >= 11 is 3.38. The van der Waals surface area contributed by atoms with Crippen molar-refractivity contribution in [3.63, 3.8) is 0 Å². The summed E-state index contributed by atoms with van der Waals surface area (Å²) < 4.78 is 0.894. The van der Waals surface area contributed by atoms with Gasteiger partial charge in [0.1, 0.15) is 0 Å². The monoisotopic (exact) mass is 355 g/mol. The first-order chi connectivity index (χ1) is 10.1. The van der Waals surface area contributed by atoms with Gasteiger partial charge >= 0.3 is 5.97 Å². The predicted octanol–water partition coefficient (Wildman–Crippen LogP) is 5.70. The van der Waals surface area contributed by atoms with Crippen molar-refractivity contribution in [2.75, 3.05) is 11.9 Å². The third-order valence-electron chi connectivity index (χ3n) is 3.56. The second-order valence-electron chi connectivity index (χ2n) is 5.40. The Bertz CT molecular complexity index is 435. The smallest absolute Gasteiger partial charge is 0.337 e. The van der Waals surface area contributed by atoms with Crippen LogP contribution < -0.4 is 5.32 Å². The van der Waals surface area contributed by atoms with E-state index in [0.29, 0.717) is 11.3 Å². The maximum Gasteiger partial charge on any atom is 0.337 e. The number of carboxylic acids is 1. The molecule has 1 aromatic carbocycles. The van der Waals surface area contributed by atoms with Gasteiger partial charge in [-0.3, -0.25) is 0 Å². The molecule has 0 saturated carbocycles. The van der Waals surface area contributed by atoms with E-state index in [1.807, 2.05) is 6.07 Å². The fourth-order valence-electron chi connectivity index (χ4n) is 2.33. The van der Waals surface area contributed by atoms with Crippen molar-refractivity contribution in [2.45, 2.75) is 58.3 Å². The maximum absolute atomic E-state index is 11.1. The van der Waals surface area contributed by atoms with Gasteiger partial charge in [-0.2, -0.15) is 0 Å². The SMILES string of the molecule is CCCCCCCCCCNc1cc(Br)ccc1C(=O)O. The molecule has 0 aromatic heterocycles. The van der Waals surface area contributed by atoms with Crippen molar-refractivity contribution in [1.29, 1.82) is 0 Å². The average Bonchev–Trinajstić information content (AvgIpc) is 2.45. The quantitative estimate of drug-likeness (QED) is 0.500. The Kier molecular flexibility index (Phi) is 9.15. The molecule has 1 rings (SSSR count). The number of hydrogen-bond donors (Lipinski definition) is 2. The summed E-state index contributed by atoms with van der Waals surface area (Å²) in [5.74, 6) is -0.888. The molecule has 0 saturated heterocycles. The molecule has 0 fully saturated rings. The molecule has 0 heterocycles. The summed E-state index contributed by atoms with van der Waals surface area (Å²) in [6.45, 7) is 3.06. The van der Waals surface area contributed by atoms with Gasteiger partial charge in [0, 0.05) is 16.7 Å². The highest BCUT2D eigenvalue weighted by atomic mass is 79.9. The lowest BCUT2D eigenvalue weighted by Gasteiger charge is -2.10. The minimum absolute atomic E-state index is 0.331. The standard InChI is InChI=1S/C17H26BrNO2/c1-2-3-4-5-6-7-8-9-12-19-16-13-14(18)10-11-15(16)17(20)21/h10-11,13,19H,2-9,12H2,1H3,(H,20,21). The van der Waals surface area contributed by atoms with Gasteiger partial charge in [-0.05, 0) is 24.6 Å². The molecule has 3 nitrogen and oxygen atoms in total. The molecule has 1 aromatic rings. The van der Waals surface area contributed by atoms with Crippen molar-refractivity contribution >= 4 is 27.6 Å². The number of halogens is 1. The van der Waals surface area contributed by atoms with Crippen LogP contribution in [0, 0.1) is 0 Å². The minimum atomic E-state index is -0.888. The first-order valence-electron chi connectivity index (χ1n) is 7.92. The summed E-state index contributed by atoms with van der Waals surface area (Å²) in [6, 6.07) is 5.21. The number of rotatable bonds is 11. The Morgan fingerprint density at radius 3 is 2.33 bits per heavy atom. The topological polar surface area (TPSA) is 49.3 Å². The number of anilines is 1. The van der Waals surface area contributed by atoms with Crippen LogP contribution in [0.2, 0.25) is 0 Å². The number of benzene rings is 1. The molecule has 0 aliphatic rings. The second kappa shape index (κ2) is 10.7. The van der Waals surface area contributed by atoms with Crippen LogP contribution in [0.25, 0.3) is 0 Å². The molecule has 0 atom stereocenters. The summed E-state index contributed by atoms with van der Waals surface area (Å²) in [5, 5.41) is 12.4. The van der Waals surface area contributed by atoms with Gasteiger partial charge in [0.2, 0.25) is 0 Å². The fraction of sp³-hybridized carbons (Fsp3) is 0.588. The van der Waals surface area contributed by atoms with E-state index in [2.05, 4.69) is 28.2 Å². The third kappa shape index (κ3) is 7.51. The van der Waals surface area contributed by atoms with Gasteiger partial charge < -0.3 is 10.4 Å². The molecular formula is C17H26BrNO2. The summed E-state index contributed by atoms with van der Waals surface area (Å²) in [4.78, 5) is 11.1. The van der Waals surface area contributed by atoms with Crippen LogP contribution in [0.15, 0.2) is 22.7 Å². The normalized spacial score (nSPS) is 10.6. The van der Waals surface area contributed by atoms with Crippen molar-refractivity contribution in [2.24, 2.45) is 0 Å². The number of unbranched alkanes of at least 4 members (excludes halogenated alkanes) is 7. The molecule has 4 heteroatoms. The molecule has 2 N–H and O–H groups in total. The maximum atomic E-state index is 11.1. The number of aromatic carboxylic acids is 1. The molecule has 0 aliphatic carbocycles. The first kappa shape index (κ1) is 18.0. The van der Waals surface area contributed by atoms with E-state index in [9.17, 15) is 4.79 Å². The lowest BCUT2D eigenvalue weighted by molar-refractivity contribution is 0.0698. The summed E-state index contributed by atoms with van der Waals surface area (Å²) in [5.41, 5.74) is 1.03. The Balaban J connectivity index is 2.21. The molecule has 0 amide bonds. The zero-order valence-corrected chi connectivity index (χ0v) is 14.4. The largest absolute Gasteiger partial charge is 0.478 e. The zero-order valence-electron chi connectivity index (χ0n) is 12.8. The van der Waals surface area contributed by atoms with Crippen LogP contribution in [0.3, 0.4) is 0 Å². The Hall–Kier alpha value is -1.03. The van der Waals surface area contributed by atoms with E-state index in [1.54, 1.807) is 12.1 Å². The van der Waals surface area contributed by atoms with Crippen LogP contribution in [0.4, 0.5) is 5.69 Å². The Labute approximate surface area is 136 Å². The molecular weight excluding hydrogens is 330 g/mol. The van der Waals surface area contributed by atoms with Gasteiger partial charge in [0.25, 0.3) is 0 Å². The van der Waals surface area contributed by atoms with E-state index in [1.165, 1.54) is 44.9 Å². The van der Waals surface area contributed by atoms with Crippen LogP contribution in [-0.4, -0.2) is 17.6 Å². The predicted molar refractivity (Wildman–Crippen MR) is 92.2 cm³/mol. The number of carboxylic acid groups (broad SMARTS) is 1. The lowest BCUT2D eigenvalue weighted by Crippen LogP contribution is -2.07. The Morgan fingerprint density at radius 1 is 1.10 bits per heavy atom. The minimum Gasteiger partial charge on any atom is -0.478 e. The molecule has 0 radical (unpaired) electrons. The van der Waals surface area contributed by atoms with Crippen LogP contribution in [0.1, 0.15) is 68.6 Å². The van der Waals surface area contributed by atoms with Crippen LogP contribution in [-0.2, 0) is 0 Å². The van der Waals surface area contributed by atoms with Crippen molar-refractivity contribution < 1.29 is 9.90 Å². The molecule has 0 aliphatic heterocycles. The van der Waals surface area contributed by atoms with E-state index < -0.39 is 5.97 Å². The van der Waals surface area contributed by atoms with E-state index in [-0.39, 0.29) is 0 Å². The summed E-state index contributed by atoms with van der Waals surface area (Å²) in [6.07, 6.45) is 10.2. The number of carbonyl (C=O) groups is 1. The van der Waals surface area contributed by atoms with Crippen molar-refractivity contribution in [3.8, 4) is 0 Å². The Morgan fingerprint density at radius 2 is 1.71 bits per heavy atom. The third-order valence-corrected chi connectivity index (χ3v) is 4.05. The molecule has 0 spiro atoms. The van der Waals surface area contributed by atoms with Gasteiger partial charge in [-0.25, -0.2) is 4.79 Å². The highest BCUT2D eigenvalue weighted by Crippen LogP contribution is 2.21. The van der Waals surface area contributed by atoms with Gasteiger partial charge in [0.15, 0.2) is 0 Å². The second-order valence-corrected chi connectivity index (χ2v) is 6.31. The van der Waals surface area contributed by atoms with Gasteiger partial charge in [-0.15, -0.1) is 0 Å². The molecule has 0 unspecified atom stereocenters. The van der Waals surface area contributed by atoms with Crippen molar-refractivity contribution in [3.05, 3.63) is 28.2 Å². The van der Waals surface area contributed by atoms with Crippen LogP contribution >= 0.6 is 15.9 Å².